The molecule has 0 aliphatic heterocycles. The average Bonchev–Trinajstić information content (AvgIpc) is 2.73. The molecule has 1 saturated carbocycles. The van der Waals surface area contributed by atoms with Crippen LogP contribution < -0.4 is 5.32 Å². The van der Waals surface area contributed by atoms with Crippen LogP contribution in [-0.4, -0.2) is 27.5 Å². The van der Waals surface area contributed by atoms with Crippen molar-refractivity contribution in [2.24, 2.45) is 13.0 Å². The lowest BCUT2D eigenvalue weighted by Gasteiger charge is -2.27. The molecule has 1 aromatic heterocycles. The Morgan fingerprint density at radius 2 is 2.16 bits per heavy atom. The Labute approximate surface area is 116 Å². The lowest BCUT2D eigenvalue weighted by atomic mass is 9.86. The lowest BCUT2D eigenvalue weighted by Crippen LogP contribution is -2.33. The van der Waals surface area contributed by atoms with Gasteiger partial charge in [-0.1, -0.05) is 26.7 Å². The van der Waals surface area contributed by atoms with Gasteiger partial charge in [-0.3, -0.25) is 4.68 Å². The summed E-state index contributed by atoms with van der Waals surface area (Å²) < 4.78 is 1.89. The van der Waals surface area contributed by atoms with E-state index in [2.05, 4.69) is 30.5 Å². The van der Waals surface area contributed by atoms with Gasteiger partial charge in [0.15, 0.2) is 0 Å². The molecule has 2 atom stereocenters. The summed E-state index contributed by atoms with van der Waals surface area (Å²) in [6.07, 6.45) is 6.54. The van der Waals surface area contributed by atoms with Crippen molar-refractivity contribution in [3.8, 4) is 0 Å². The molecule has 1 aromatic rings. The van der Waals surface area contributed by atoms with Crippen molar-refractivity contribution >= 4 is 0 Å². The minimum absolute atomic E-state index is 0.111. The van der Waals surface area contributed by atoms with Crippen LogP contribution in [0.3, 0.4) is 0 Å². The van der Waals surface area contributed by atoms with Crippen LogP contribution in [0.25, 0.3) is 0 Å². The molecule has 2 N–H and O–H groups in total. The van der Waals surface area contributed by atoms with Gasteiger partial charge in [0.2, 0.25) is 0 Å². The summed E-state index contributed by atoms with van der Waals surface area (Å²) >= 11 is 0. The zero-order chi connectivity index (χ0) is 13.8. The van der Waals surface area contributed by atoms with Gasteiger partial charge in [0.1, 0.15) is 0 Å². The van der Waals surface area contributed by atoms with Gasteiger partial charge in [-0.15, -0.1) is 0 Å². The van der Waals surface area contributed by atoms with Crippen molar-refractivity contribution in [3.63, 3.8) is 0 Å². The number of aliphatic hydroxyl groups is 1. The van der Waals surface area contributed by atoms with Gasteiger partial charge in [0, 0.05) is 31.9 Å². The maximum absolute atomic E-state index is 9.96. The molecule has 1 aliphatic rings. The van der Waals surface area contributed by atoms with Crippen LogP contribution in [0.15, 0.2) is 6.20 Å². The van der Waals surface area contributed by atoms with E-state index >= 15 is 0 Å². The van der Waals surface area contributed by atoms with E-state index in [9.17, 15) is 5.11 Å². The van der Waals surface area contributed by atoms with Gasteiger partial charge in [-0.05, 0) is 24.7 Å². The van der Waals surface area contributed by atoms with Crippen LogP contribution >= 0.6 is 0 Å². The van der Waals surface area contributed by atoms with E-state index < -0.39 is 0 Å². The second-order valence-electron chi connectivity index (χ2n) is 6.11. The zero-order valence-electron chi connectivity index (χ0n) is 12.4. The predicted octanol–water partition coefficient (Wildman–Crippen LogP) is 2.18. The van der Waals surface area contributed by atoms with Crippen LogP contribution in [0.1, 0.15) is 56.7 Å². The predicted molar refractivity (Wildman–Crippen MR) is 77.0 cm³/mol. The molecule has 4 heteroatoms. The first-order chi connectivity index (χ1) is 9.08. The molecular formula is C15H27N3O. The fourth-order valence-electron chi connectivity index (χ4n) is 3.00. The molecule has 4 nitrogen and oxygen atoms in total. The standard InChI is InChI=1S/C15H27N3O/c1-11(2)15-13(10-18(3)17-15)9-16-8-12-6-4-5-7-14(12)19/h10-12,14,16,19H,4-9H2,1-3H3. The number of nitrogens with zero attached hydrogens (tertiary/aromatic N) is 2. The average molecular weight is 265 g/mol. The van der Waals surface area contributed by atoms with E-state index in [0.29, 0.717) is 11.8 Å². The number of nitrogens with one attached hydrogen (secondary N) is 1. The summed E-state index contributed by atoms with van der Waals surface area (Å²) in [5.41, 5.74) is 2.46. The molecule has 2 unspecified atom stereocenters. The second kappa shape index (κ2) is 6.53. The van der Waals surface area contributed by atoms with E-state index in [-0.39, 0.29) is 6.10 Å². The number of aromatic nitrogens is 2. The van der Waals surface area contributed by atoms with E-state index in [1.165, 1.54) is 24.1 Å². The van der Waals surface area contributed by atoms with Crippen LogP contribution in [0.5, 0.6) is 0 Å². The molecule has 1 fully saturated rings. The van der Waals surface area contributed by atoms with Gasteiger partial charge in [0.05, 0.1) is 11.8 Å². The van der Waals surface area contributed by atoms with Crippen molar-refractivity contribution < 1.29 is 5.11 Å². The third-order valence-corrected chi connectivity index (χ3v) is 4.07. The maximum atomic E-state index is 9.96. The zero-order valence-corrected chi connectivity index (χ0v) is 12.4. The summed E-state index contributed by atoms with van der Waals surface area (Å²) in [5.74, 6) is 0.881. The minimum atomic E-state index is -0.111. The smallest absolute Gasteiger partial charge is 0.0694 e. The van der Waals surface area contributed by atoms with Crippen molar-refractivity contribution in [3.05, 3.63) is 17.5 Å². The fraction of sp³-hybridized carbons (Fsp3) is 0.800. The molecule has 0 amide bonds. The van der Waals surface area contributed by atoms with Crippen molar-refractivity contribution in [1.82, 2.24) is 15.1 Å². The molecule has 0 radical (unpaired) electrons. The quantitative estimate of drug-likeness (QED) is 0.858. The highest BCUT2D eigenvalue weighted by Gasteiger charge is 2.22. The van der Waals surface area contributed by atoms with Gasteiger partial charge in [-0.2, -0.15) is 5.10 Å². The molecule has 0 bridgehead atoms. The van der Waals surface area contributed by atoms with Gasteiger partial charge >= 0.3 is 0 Å². The molecular weight excluding hydrogens is 238 g/mol. The first-order valence-electron chi connectivity index (χ1n) is 7.49. The summed E-state index contributed by atoms with van der Waals surface area (Å²) in [6.45, 7) is 6.12. The Balaban J connectivity index is 1.85. The minimum Gasteiger partial charge on any atom is -0.393 e. The van der Waals surface area contributed by atoms with Gasteiger partial charge in [0.25, 0.3) is 0 Å². The normalized spacial score (nSPS) is 24.1. The molecule has 0 spiro atoms. The molecule has 108 valence electrons. The second-order valence-corrected chi connectivity index (χ2v) is 6.11. The summed E-state index contributed by atoms with van der Waals surface area (Å²) in [6, 6.07) is 0. The Hall–Kier alpha value is -0.870. The molecule has 1 heterocycles. The maximum Gasteiger partial charge on any atom is 0.0694 e. The summed E-state index contributed by atoms with van der Waals surface area (Å²) in [5, 5.41) is 18.0. The molecule has 2 rings (SSSR count). The van der Waals surface area contributed by atoms with E-state index in [4.69, 9.17) is 0 Å². The van der Waals surface area contributed by atoms with Crippen molar-refractivity contribution in [2.75, 3.05) is 6.54 Å². The largest absolute Gasteiger partial charge is 0.393 e. The Morgan fingerprint density at radius 1 is 1.42 bits per heavy atom. The fourth-order valence-corrected chi connectivity index (χ4v) is 3.00. The topological polar surface area (TPSA) is 50.1 Å². The number of hydrogen-bond acceptors (Lipinski definition) is 3. The van der Waals surface area contributed by atoms with Crippen LogP contribution in [0, 0.1) is 5.92 Å². The monoisotopic (exact) mass is 265 g/mol. The molecule has 19 heavy (non-hydrogen) atoms. The number of hydrogen-bond donors (Lipinski definition) is 2. The third-order valence-electron chi connectivity index (χ3n) is 4.07. The highest BCUT2D eigenvalue weighted by molar-refractivity contribution is 5.19. The highest BCUT2D eigenvalue weighted by atomic mass is 16.3. The summed E-state index contributed by atoms with van der Waals surface area (Å²) in [4.78, 5) is 0. The van der Waals surface area contributed by atoms with E-state index in [0.717, 1.165) is 25.9 Å². The molecule has 0 aromatic carbocycles. The highest BCUT2D eigenvalue weighted by Crippen LogP contribution is 2.24. The van der Waals surface area contributed by atoms with Crippen LogP contribution in [0.2, 0.25) is 0 Å². The van der Waals surface area contributed by atoms with Crippen LogP contribution in [-0.2, 0) is 13.6 Å². The molecule has 1 aliphatic carbocycles. The van der Waals surface area contributed by atoms with Gasteiger partial charge < -0.3 is 10.4 Å². The number of aliphatic hydroxyl groups excluding tert-OH is 1. The van der Waals surface area contributed by atoms with E-state index in [1.807, 2.05) is 11.7 Å². The van der Waals surface area contributed by atoms with Gasteiger partial charge in [-0.25, -0.2) is 0 Å². The Kier molecular flexibility index (Phi) is 4.99. The number of rotatable bonds is 5. The Morgan fingerprint density at radius 3 is 2.84 bits per heavy atom. The van der Waals surface area contributed by atoms with E-state index in [1.54, 1.807) is 0 Å². The molecule has 0 saturated heterocycles. The first-order valence-corrected chi connectivity index (χ1v) is 7.49. The van der Waals surface area contributed by atoms with Crippen LogP contribution in [0.4, 0.5) is 0 Å². The van der Waals surface area contributed by atoms with Crippen molar-refractivity contribution in [2.45, 2.75) is 58.1 Å². The summed E-state index contributed by atoms with van der Waals surface area (Å²) in [7, 11) is 1.97. The first kappa shape index (κ1) is 14.5. The van der Waals surface area contributed by atoms with Crippen molar-refractivity contribution in [1.29, 1.82) is 0 Å². The lowest BCUT2D eigenvalue weighted by molar-refractivity contribution is 0.0695. The number of aryl methyl sites for hydroxylation is 1. The third kappa shape index (κ3) is 3.80. The SMILES string of the molecule is CC(C)c1nn(C)cc1CNCC1CCCCC1O. The Bertz CT molecular complexity index is 400.